The lowest BCUT2D eigenvalue weighted by atomic mass is 10.0. The molecule has 0 saturated carbocycles. The van der Waals surface area contributed by atoms with Crippen LogP contribution in [0.3, 0.4) is 0 Å². The maximum Gasteiger partial charge on any atom is 0.130 e. The monoisotopic (exact) mass is 380 g/mol. The van der Waals surface area contributed by atoms with Crippen LogP contribution in [0.2, 0.25) is 0 Å². The summed E-state index contributed by atoms with van der Waals surface area (Å²) >= 11 is 0. The summed E-state index contributed by atoms with van der Waals surface area (Å²) in [7, 11) is 1.65. The zero-order chi connectivity index (χ0) is 19.3. The first-order chi connectivity index (χ1) is 13.7. The minimum absolute atomic E-state index is 0.0872. The number of phenolic OH excluding ortho intramolecular Hbond substituents is 1. The van der Waals surface area contributed by atoms with Crippen molar-refractivity contribution in [3.05, 3.63) is 66.0 Å². The summed E-state index contributed by atoms with van der Waals surface area (Å²) in [4.78, 5) is 4.60. The average molecular weight is 380 g/mol. The van der Waals surface area contributed by atoms with Crippen molar-refractivity contribution in [1.82, 2.24) is 10.0 Å². The van der Waals surface area contributed by atoms with Gasteiger partial charge in [-0.05, 0) is 35.9 Å². The first-order valence-electron chi connectivity index (χ1n) is 9.30. The van der Waals surface area contributed by atoms with Crippen LogP contribution in [0.5, 0.6) is 11.5 Å². The number of phenols is 1. The number of morpholine rings is 1. The summed E-state index contributed by atoms with van der Waals surface area (Å²) in [5.41, 5.74) is 1.89. The van der Waals surface area contributed by atoms with Gasteiger partial charge in [-0.15, -0.1) is 0 Å². The lowest BCUT2D eigenvalue weighted by Gasteiger charge is -2.41. The number of methoxy groups -OCH3 is 1. The molecule has 0 bridgehead atoms. The number of aromatic hydroxyl groups is 1. The number of nitrogens with zero attached hydrogens (tertiary/aromatic N) is 3. The molecule has 1 saturated heterocycles. The minimum Gasteiger partial charge on any atom is -0.508 e. The maximum atomic E-state index is 9.96. The highest BCUT2D eigenvalue weighted by atomic mass is 16.5. The second-order valence-electron chi connectivity index (χ2n) is 6.64. The number of nitrogens with one attached hydrogen (secondary N) is 1. The van der Waals surface area contributed by atoms with Gasteiger partial charge in [0.25, 0.3) is 0 Å². The van der Waals surface area contributed by atoms with Crippen molar-refractivity contribution in [1.29, 1.82) is 0 Å². The highest BCUT2D eigenvalue weighted by Gasteiger charge is 2.27. The lowest BCUT2D eigenvalue weighted by Crippen LogP contribution is -2.50. The molecule has 0 radical (unpaired) electrons. The van der Waals surface area contributed by atoms with Gasteiger partial charge in [-0.25, -0.2) is 10.0 Å². The predicted molar refractivity (Wildman–Crippen MR) is 108 cm³/mol. The SMILES string of the molecule is COc1cccc(NC2=CC(c3cccc(O)c3)N(N3CCOCC3)C=N2)c1. The summed E-state index contributed by atoms with van der Waals surface area (Å²) in [5, 5.41) is 17.6. The van der Waals surface area contributed by atoms with Gasteiger partial charge < -0.3 is 19.9 Å². The Balaban J connectivity index is 1.62. The average Bonchev–Trinajstić information content (AvgIpc) is 2.74. The molecule has 28 heavy (non-hydrogen) atoms. The van der Waals surface area contributed by atoms with Gasteiger partial charge in [0.15, 0.2) is 0 Å². The summed E-state index contributed by atoms with van der Waals surface area (Å²) < 4.78 is 10.8. The fourth-order valence-corrected chi connectivity index (χ4v) is 3.38. The van der Waals surface area contributed by atoms with Crippen molar-refractivity contribution in [3.63, 3.8) is 0 Å². The third-order valence-corrected chi connectivity index (χ3v) is 4.78. The Labute approximate surface area is 164 Å². The molecule has 0 aliphatic carbocycles. The van der Waals surface area contributed by atoms with Crippen LogP contribution < -0.4 is 10.1 Å². The molecule has 2 aromatic carbocycles. The number of anilines is 1. The molecule has 0 amide bonds. The van der Waals surface area contributed by atoms with E-state index in [4.69, 9.17) is 9.47 Å². The van der Waals surface area contributed by atoms with Crippen LogP contribution in [0.1, 0.15) is 11.6 Å². The third kappa shape index (κ3) is 4.11. The molecule has 1 fully saturated rings. The molecule has 2 aliphatic heterocycles. The number of hydrazine groups is 1. The highest BCUT2D eigenvalue weighted by molar-refractivity contribution is 5.63. The highest BCUT2D eigenvalue weighted by Crippen LogP contribution is 2.30. The van der Waals surface area contributed by atoms with Gasteiger partial charge in [0.2, 0.25) is 0 Å². The van der Waals surface area contributed by atoms with Crippen LogP contribution in [0, 0.1) is 0 Å². The van der Waals surface area contributed by atoms with Gasteiger partial charge in [0.05, 0.1) is 26.4 Å². The fourth-order valence-electron chi connectivity index (χ4n) is 3.38. The number of aliphatic imine (C=N–C) groups is 1. The molecule has 0 spiro atoms. The van der Waals surface area contributed by atoms with E-state index in [0.29, 0.717) is 13.2 Å². The number of hydrogen-bond donors (Lipinski definition) is 2. The number of hydrogen-bond acceptors (Lipinski definition) is 7. The Morgan fingerprint density at radius 2 is 1.96 bits per heavy atom. The summed E-state index contributed by atoms with van der Waals surface area (Å²) in [6.45, 7) is 2.98. The summed E-state index contributed by atoms with van der Waals surface area (Å²) in [6.07, 6.45) is 3.90. The molecular formula is C21H24N4O3. The number of ether oxygens (including phenoxy) is 2. The first-order valence-corrected chi connectivity index (χ1v) is 9.30. The van der Waals surface area contributed by atoms with E-state index >= 15 is 0 Å². The Kier molecular flexibility index (Phi) is 5.45. The van der Waals surface area contributed by atoms with Crippen molar-refractivity contribution in [3.8, 4) is 11.5 Å². The van der Waals surface area contributed by atoms with Crippen LogP contribution >= 0.6 is 0 Å². The van der Waals surface area contributed by atoms with E-state index in [-0.39, 0.29) is 11.8 Å². The van der Waals surface area contributed by atoms with Crippen molar-refractivity contribution >= 4 is 12.0 Å². The van der Waals surface area contributed by atoms with Gasteiger partial charge in [-0.3, -0.25) is 5.01 Å². The van der Waals surface area contributed by atoms with Crippen LogP contribution in [0.25, 0.3) is 0 Å². The summed E-state index contributed by atoms with van der Waals surface area (Å²) in [5.74, 6) is 1.77. The Bertz CT molecular complexity index is 877. The van der Waals surface area contributed by atoms with E-state index < -0.39 is 0 Å². The summed E-state index contributed by atoms with van der Waals surface area (Å²) in [6, 6.07) is 15.0. The predicted octanol–water partition coefficient (Wildman–Crippen LogP) is 2.99. The van der Waals surface area contributed by atoms with E-state index in [2.05, 4.69) is 26.4 Å². The molecule has 2 aliphatic rings. The smallest absolute Gasteiger partial charge is 0.130 e. The molecule has 1 atom stereocenters. The molecular weight excluding hydrogens is 356 g/mol. The van der Waals surface area contributed by atoms with E-state index in [1.54, 1.807) is 19.2 Å². The molecule has 2 heterocycles. The van der Waals surface area contributed by atoms with Gasteiger partial charge in [0.1, 0.15) is 23.7 Å². The molecule has 7 nitrogen and oxygen atoms in total. The van der Waals surface area contributed by atoms with E-state index in [1.807, 2.05) is 42.7 Å². The first kappa shape index (κ1) is 18.3. The molecule has 146 valence electrons. The molecule has 0 aromatic heterocycles. The van der Waals surface area contributed by atoms with Gasteiger partial charge in [-0.1, -0.05) is 18.2 Å². The van der Waals surface area contributed by atoms with Crippen LogP contribution in [0.4, 0.5) is 5.69 Å². The van der Waals surface area contributed by atoms with Gasteiger partial charge in [-0.2, -0.15) is 0 Å². The molecule has 2 aromatic rings. The van der Waals surface area contributed by atoms with Crippen molar-refractivity contribution in [2.75, 3.05) is 38.7 Å². The second kappa shape index (κ2) is 8.33. The van der Waals surface area contributed by atoms with Gasteiger partial charge >= 0.3 is 0 Å². The zero-order valence-corrected chi connectivity index (χ0v) is 15.8. The molecule has 1 unspecified atom stereocenters. The van der Waals surface area contributed by atoms with E-state index in [0.717, 1.165) is 35.9 Å². The van der Waals surface area contributed by atoms with Crippen LogP contribution in [0.15, 0.2) is 65.4 Å². The Morgan fingerprint density at radius 1 is 1.14 bits per heavy atom. The van der Waals surface area contributed by atoms with Crippen LogP contribution in [-0.2, 0) is 4.74 Å². The third-order valence-electron chi connectivity index (χ3n) is 4.78. The Morgan fingerprint density at radius 3 is 2.75 bits per heavy atom. The van der Waals surface area contributed by atoms with Crippen LogP contribution in [-0.4, -0.2) is 54.9 Å². The standard InChI is InChI=1S/C21H24N4O3/c1-27-19-7-3-5-17(13-19)23-21-14-20(16-4-2-6-18(26)12-16)25(15-22-21)24-8-10-28-11-9-24/h2-7,12-15,20,23,26H,8-11H2,1H3. The topological polar surface area (TPSA) is 69.6 Å². The second-order valence-corrected chi connectivity index (χ2v) is 6.64. The quantitative estimate of drug-likeness (QED) is 0.831. The van der Waals surface area contributed by atoms with Crippen molar-refractivity contribution in [2.24, 2.45) is 4.99 Å². The minimum atomic E-state index is -0.0872. The van der Waals surface area contributed by atoms with E-state index in [1.165, 1.54) is 0 Å². The fraction of sp³-hybridized carbons (Fsp3) is 0.286. The van der Waals surface area contributed by atoms with Crippen molar-refractivity contribution < 1.29 is 14.6 Å². The Hall–Kier alpha value is -3.03. The number of benzene rings is 2. The van der Waals surface area contributed by atoms with E-state index in [9.17, 15) is 5.11 Å². The largest absolute Gasteiger partial charge is 0.508 e. The lowest BCUT2D eigenvalue weighted by molar-refractivity contribution is -0.0600. The number of rotatable bonds is 5. The normalized spacial score (nSPS) is 20.0. The molecule has 4 rings (SSSR count). The molecule has 2 N–H and O–H groups in total. The van der Waals surface area contributed by atoms with Gasteiger partial charge in [0, 0.05) is 24.8 Å². The van der Waals surface area contributed by atoms with Crippen molar-refractivity contribution in [2.45, 2.75) is 6.04 Å². The maximum absolute atomic E-state index is 9.96. The zero-order valence-electron chi connectivity index (χ0n) is 15.8. The molecule has 7 heteroatoms.